The van der Waals surface area contributed by atoms with Crippen molar-refractivity contribution in [2.75, 3.05) is 13.7 Å². The number of methoxy groups -OCH3 is 1. The van der Waals surface area contributed by atoms with E-state index in [1.165, 1.54) is 4.90 Å². The van der Waals surface area contributed by atoms with Crippen molar-refractivity contribution >= 4 is 23.3 Å². The van der Waals surface area contributed by atoms with Crippen LogP contribution in [0.1, 0.15) is 30.5 Å². The van der Waals surface area contributed by atoms with Crippen molar-refractivity contribution in [1.82, 2.24) is 4.90 Å². The highest BCUT2D eigenvalue weighted by molar-refractivity contribution is 6.11. The van der Waals surface area contributed by atoms with E-state index in [1.54, 1.807) is 19.1 Å². The second-order valence-electron chi connectivity index (χ2n) is 7.88. The standard InChI is InChI=1S/C21H19N3O8/c1-20-12-21(19(26)31-2,15-9-8-14(23(27)28)10-16(15)24(29)30)18(25)22(20)17(11-32-20)13-6-4-3-5-7-13/h3-10,17H,11-12H2,1-2H3/t17-,20-,21-/m0/s1. The number of esters is 1. The summed E-state index contributed by atoms with van der Waals surface area (Å²) in [5.74, 6) is -1.71. The molecule has 11 nitrogen and oxygen atoms in total. The number of hydrogen-bond acceptors (Lipinski definition) is 8. The molecule has 3 atom stereocenters. The predicted molar refractivity (Wildman–Crippen MR) is 108 cm³/mol. The first kappa shape index (κ1) is 21.4. The maximum absolute atomic E-state index is 13.9. The molecule has 2 aromatic rings. The van der Waals surface area contributed by atoms with Crippen molar-refractivity contribution in [2.45, 2.75) is 30.5 Å². The van der Waals surface area contributed by atoms with E-state index in [0.717, 1.165) is 30.9 Å². The molecule has 32 heavy (non-hydrogen) atoms. The molecular weight excluding hydrogens is 422 g/mol. The van der Waals surface area contributed by atoms with Gasteiger partial charge in [0, 0.05) is 12.5 Å². The summed E-state index contributed by atoms with van der Waals surface area (Å²) in [5, 5.41) is 22.9. The van der Waals surface area contributed by atoms with Crippen LogP contribution in [0, 0.1) is 20.2 Å². The maximum Gasteiger partial charge on any atom is 0.326 e. The van der Waals surface area contributed by atoms with E-state index < -0.39 is 50.3 Å². The number of nitro groups is 2. The molecule has 2 heterocycles. The molecule has 0 aliphatic carbocycles. The van der Waals surface area contributed by atoms with E-state index in [9.17, 15) is 29.8 Å². The van der Waals surface area contributed by atoms with Gasteiger partial charge in [0.25, 0.3) is 11.4 Å². The second-order valence-corrected chi connectivity index (χ2v) is 7.88. The summed E-state index contributed by atoms with van der Waals surface area (Å²) in [6, 6.07) is 11.4. The minimum absolute atomic E-state index is 0.186. The van der Waals surface area contributed by atoms with Gasteiger partial charge in [0.15, 0.2) is 5.41 Å². The molecule has 2 aliphatic heterocycles. The molecule has 1 amide bonds. The van der Waals surface area contributed by atoms with Crippen molar-refractivity contribution in [3.63, 3.8) is 0 Å². The average Bonchev–Trinajstić information content (AvgIpc) is 3.24. The van der Waals surface area contributed by atoms with E-state index in [4.69, 9.17) is 9.47 Å². The Morgan fingerprint density at radius 1 is 1.16 bits per heavy atom. The maximum atomic E-state index is 13.9. The fourth-order valence-electron chi connectivity index (χ4n) is 4.72. The summed E-state index contributed by atoms with van der Waals surface area (Å²) in [5.41, 5.74) is -4.05. The number of carbonyl (C=O) groups is 2. The summed E-state index contributed by atoms with van der Waals surface area (Å²) in [4.78, 5) is 49.7. The van der Waals surface area contributed by atoms with Crippen molar-refractivity contribution in [2.24, 2.45) is 0 Å². The number of hydrogen-bond donors (Lipinski definition) is 0. The van der Waals surface area contributed by atoms with Crippen molar-refractivity contribution in [1.29, 1.82) is 0 Å². The van der Waals surface area contributed by atoms with E-state index in [2.05, 4.69) is 0 Å². The van der Waals surface area contributed by atoms with Crippen LogP contribution in [-0.4, -0.2) is 46.1 Å². The van der Waals surface area contributed by atoms with Crippen molar-refractivity contribution in [3.05, 3.63) is 79.9 Å². The Bertz CT molecular complexity index is 1140. The van der Waals surface area contributed by atoms with Gasteiger partial charge in [-0.3, -0.25) is 29.8 Å². The Balaban J connectivity index is 1.91. The normalized spacial score (nSPS) is 26.6. The Morgan fingerprint density at radius 2 is 1.84 bits per heavy atom. The molecule has 0 aromatic heterocycles. The lowest BCUT2D eigenvalue weighted by Gasteiger charge is -2.29. The summed E-state index contributed by atoms with van der Waals surface area (Å²) in [6.45, 7) is 1.82. The van der Waals surface area contributed by atoms with Crippen molar-refractivity contribution < 1.29 is 28.9 Å². The lowest BCUT2D eigenvalue weighted by Crippen LogP contribution is -2.46. The Hall–Kier alpha value is -3.86. The molecule has 2 aromatic carbocycles. The Kier molecular flexibility index (Phi) is 4.93. The molecule has 0 bridgehead atoms. The highest BCUT2D eigenvalue weighted by Crippen LogP contribution is 2.54. The van der Waals surface area contributed by atoms with Gasteiger partial charge in [-0.25, -0.2) is 0 Å². The Labute approximate surface area is 181 Å². The molecule has 0 radical (unpaired) electrons. The highest BCUT2D eigenvalue weighted by Gasteiger charge is 2.69. The minimum atomic E-state index is -2.09. The lowest BCUT2D eigenvalue weighted by atomic mass is 9.76. The number of carbonyl (C=O) groups excluding carboxylic acids is 2. The first-order valence-corrected chi connectivity index (χ1v) is 9.70. The number of nitrogens with zero attached hydrogens (tertiary/aromatic N) is 3. The third-order valence-electron chi connectivity index (χ3n) is 6.12. The third-order valence-corrected chi connectivity index (χ3v) is 6.12. The van der Waals surface area contributed by atoms with Gasteiger partial charge in [0.1, 0.15) is 5.72 Å². The fourth-order valence-corrected chi connectivity index (χ4v) is 4.72. The van der Waals surface area contributed by atoms with E-state index in [0.29, 0.717) is 0 Å². The zero-order valence-corrected chi connectivity index (χ0v) is 17.2. The van der Waals surface area contributed by atoms with Gasteiger partial charge in [-0.1, -0.05) is 30.3 Å². The van der Waals surface area contributed by atoms with Gasteiger partial charge < -0.3 is 14.4 Å². The number of fused-ring (bicyclic) bond motifs is 1. The first-order chi connectivity index (χ1) is 15.2. The molecule has 2 saturated heterocycles. The van der Waals surface area contributed by atoms with Crippen LogP contribution >= 0.6 is 0 Å². The number of ether oxygens (including phenoxy) is 2. The van der Waals surface area contributed by atoms with Gasteiger partial charge in [-0.15, -0.1) is 0 Å². The number of benzene rings is 2. The van der Waals surface area contributed by atoms with Gasteiger partial charge in [0.2, 0.25) is 5.91 Å². The number of nitro benzene ring substituents is 2. The number of rotatable bonds is 5. The first-order valence-electron chi connectivity index (χ1n) is 9.70. The fraction of sp³-hybridized carbons (Fsp3) is 0.333. The van der Waals surface area contributed by atoms with Crippen LogP contribution in [0.4, 0.5) is 11.4 Å². The monoisotopic (exact) mass is 441 g/mol. The van der Waals surface area contributed by atoms with Gasteiger partial charge in [0.05, 0.1) is 41.2 Å². The van der Waals surface area contributed by atoms with Crippen molar-refractivity contribution in [3.8, 4) is 0 Å². The quantitative estimate of drug-likeness (QED) is 0.298. The molecule has 0 spiro atoms. The van der Waals surface area contributed by atoms with E-state index in [1.807, 2.05) is 18.2 Å². The Morgan fingerprint density at radius 3 is 2.44 bits per heavy atom. The summed E-state index contributed by atoms with van der Waals surface area (Å²) >= 11 is 0. The predicted octanol–water partition coefficient (Wildman–Crippen LogP) is 2.63. The van der Waals surface area contributed by atoms with Crippen LogP contribution in [-0.2, 0) is 24.5 Å². The molecule has 4 rings (SSSR count). The molecule has 2 aliphatic rings. The van der Waals surface area contributed by atoms with Crippen LogP contribution in [0.5, 0.6) is 0 Å². The zero-order chi connectivity index (χ0) is 23.3. The SMILES string of the molecule is COC(=O)[C@]1(c2ccc([N+](=O)[O-])cc2[N+](=O)[O-])C[C@]2(C)OC[C@@H](c3ccccc3)N2C1=O. The van der Waals surface area contributed by atoms with E-state index in [-0.39, 0.29) is 18.6 Å². The van der Waals surface area contributed by atoms with Gasteiger partial charge in [-0.2, -0.15) is 0 Å². The minimum Gasteiger partial charge on any atom is -0.468 e. The number of amides is 1. The van der Waals surface area contributed by atoms with Crippen LogP contribution in [0.2, 0.25) is 0 Å². The van der Waals surface area contributed by atoms with E-state index >= 15 is 0 Å². The summed E-state index contributed by atoms with van der Waals surface area (Å²) in [6.07, 6.45) is -0.243. The van der Waals surface area contributed by atoms with Crippen LogP contribution in [0.25, 0.3) is 0 Å². The summed E-state index contributed by atoms with van der Waals surface area (Å²) < 4.78 is 10.9. The third kappa shape index (κ3) is 2.93. The second kappa shape index (κ2) is 7.38. The molecule has 0 saturated carbocycles. The zero-order valence-electron chi connectivity index (χ0n) is 17.2. The number of non-ortho nitro benzene ring substituents is 1. The van der Waals surface area contributed by atoms with Crippen LogP contribution < -0.4 is 0 Å². The van der Waals surface area contributed by atoms with Gasteiger partial charge >= 0.3 is 5.97 Å². The molecule has 166 valence electrons. The summed E-state index contributed by atoms with van der Waals surface area (Å²) in [7, 11) is 1.08. The molecule has 0 unspecified atom stereocenters. The highest BCUT2D eigenvalue weighted by atomic mass is 16.6. The van der Waals surface area contributed by atoms with Crippen LogP contribution in [0.3, 0.4) is 0 Å². The molecular formula is C21H19N3O8. The topological polar surface area (TPSA) is 142 Å². The van der Waals surface area contributed by atoms with Gasteiger partial charge in [-0.05, 0) is 18.6 Å². The molecule has 0 N–H and O–H groups in total. The lowest BCUT2D eigenvalue weighted by molar-refractivity contribution is -0.394. The largest absolute Gasteiger partial charge is 0.468 e. The average molecular weight is 441 g/mol. The molecule has 11 heteroatoms. The van der Waals surface area contributed by atoms with Crippen LogP contribution in [0.15, 0.2) is 48.5 Å². The molecule has 2 fully saturated rings. The smallest absolute Gasteiger partial charge is 0.326 e.